The van der Waals surface area contributed by atoms with Crippen LogP contribution in [0.2, 0.25) is 20.1 Å². The first-order valence-corrected chi connectivity index (χ1v) is 14.3. The highest BCUT2D eigenvalue weighted by Crippen LogP contribution is 2.36. The highest BCUT2D eigenvalue weighted by atomic mass is 79.9. The molecule has 0 spiro atoms. The molecule has 2 amide bonds. The molecule has 0 atom stereocenters. The summed E-state index contributed by atoms with van der Waals surface area (Å²) in [6, 6.07) is 6.42. The van der Waals surface area contributed by atoms with Gasteiger partial charge in [-0.25, -0.2) is 0 Å². The van der Waals surface area contributed by atoms with E-state index in [1.807, 2.05) is 0 Å². The Balaban J connectivity index is 1.45. The fraction of sp³-hybridized carbons (Fsp3) is 0.417. The predicted octanol–water partition coefficient (Wildman–Crippen LogP) is 7.86. The SMILES string of the molecule is O=C(COc1c(Cl)cc(Cl)cc1Br)NCCCCCCCCNC(=O)COc1c(Cl)cc(Cl)cc1Br. The van der Waals surface area contributed by atoms with Crippen LogP contribution in [0.4, 0.5) is 0 Å². The average molecular weight is 708 g/mol. The van der Waals surface area contributed by atoms with Crippen molar-refractivity contribution in [2.75, 3.05) is 26.3 Å². The van der Waals surface area contributed by atoms with Crippen LogP contribution in [-0.4, -0.2) is 38.1 Å². The van der Waals surface area contributed by atoms with Gasteiger partial charge in [0.1, 0.15) is 0 Å². The van der Waals surface area contributed by atoms with Crippen LogP contribution in [0.15, 0.2) is 33.2 Å². The molecule has 0 aliphatic carbocycles. The molecule has 12 heteroatoms. The molecule has 2 aromatic rings. The number of hydrogen-bond donors (Lipinski definition) is 2. The molecule has 2 N–H and O–H groups in total. The van der Waals surface area contributed by atoms with Gasteiger partial charge >= 0.3 is 0 Å². The molecule has 0 aromatic heterocycles. The Kier molecular flexibility index (Phi) is 14.7. The van der Waals surface area contributed by atoms with E-state index in [0.29, 0.717) is 53.6 Å². The zero-order valence-corrected chi connectivity index (χ0v) is 25.5. The van der Waals surface area contributed by atoms with Gasteiger partial charge in [-0.05, 0) is 69.0 Å². The number of amides is 2. The van der Waals surface area contributed by atoms with Crippen molar-refractivity contribution in [3.8, 4) is 11.5 Å². The first-order chi connectivity index (χ1) is 17.2. The number of unbranched alkanes of at least 4 members (excludes halogenated alkanes) is 5. The number of halogens is 6. The number of carbonyl (C=O) groups excluding carboxylic acids is 2. The third-order valence-electron chi connectivity index (χ3n) is 4.87. The van der Waals surface area contributed by atoms with Gasteiger partial charge in [0.05, 0.1) is 19.0 Å². The van der Waals surface area contributed by atoms with Crippen LogP contribution in [0, 0.1) is 0 Å². The fourth-order valence-corrected chi connectivity index (χ4v) is 5.86. The summed E-state index contributed by atoms with van der Waals surface area (Å²) in [7, 11) is 0. The Bertz CT molecular complexity index is 916. The maximum Gasteiger partial charge on any atom is 0.257 e. The van der Waals surface area contributed by atoms with Crippen molar-refractivity contribution in [2.24, 2.45) is 0 Å². The van der Waals surface area contributed by atoms with Crippen LogP contribution in [0.5, 0.6) is 11.5 Å². The van der Waals surface area contributed by atoms with Crippen molar-refractivity contribution in [1.82, 2.24) is 10.6 Å². The highest BCUT2D eigenvalue weighted by Gasteiger charge is 2.12. The van der Waals surface area contributed by atoms with Crippen LogP contribution in [-0.2, 0) is 9.59 Å². The molecule has 2 aromatic carbocycles. The zero-order valence-electron chi connectivity index (χ0n) is 19.3. The molecule has 0 aliphatic heterocycles. The normalized spacial score (nSPS) is 10.7. The van der Waals surface area contributed by atoms with Crippen LogP contribution >= 0.6 is 78.3 Å². The topological polar surface area (TPSA) is 76.7 Å². The van der Waals surface area contributed by atoms with Crippen LogP contribution in [0.1, 0.15) is 38.5 Å². The Morgan fingerprint density at radius 2 is 1.00 bits per heavy atom. The first kappa shape index (κ1) is 31.3. The molecule has 0 fully saturated rings. The summed E-state index contributed by atoms with van der Waals surface area (Å²) in [4.78, 5) is 23.9. The van der Waals surface area contributed by atoms with Gasteiger partial charge in [0.15, 0.2) is 24.7 Å². The minimum absolute atomic E-state index is 0.124. The summed E-state index contributed by atoms with van der Waals surface area (Å²) in [5.41, 5.74) is 0. The van der Waals surface area contributed by atoms with Crippen LogP contribution in [0.3, 0.4) is 0 Å². The summed E-state index contributed by atoms with van der Waals surface area (Å²) < 4.78 is 12.2. The maximum absolute atomic E-state index is 12.0. The second kappa shape index (κ2) is 16.8. The largest absolute Gasteiger partial charge is 0.481 e. The lowest BCUT2D eigenvalue weighted by molar-refractivity contribution is -0.123. The van der Waals surface area contributed by atoms with Crippen molar-refractivity contribution in [2.45, 2.75) is 38.5 Å². The predicted molar refractivity (Wildman–Crippen MR) is 153 cm³/mol. The Hall–Kier alpha value is -0.900. The minimum Gasteiger partial charge on any atom is -0.481 e. The van der Waals surface area contributed by atoms with E-state index in [1.165, 1.54) is 0 Å². The van der Waals surface area contributed by atoms with E-state index in [2.05, 4.69) is 42.5 Å². The second-order valence-corrected chi connectivity index (χ2v) is 11.2. The monoisotopic (exact) mass is 704 g/mol. The Morgan fingerprint density at radius 1 is 0.639 bits per heavy atom. The Morgan fingerprint density at radius 3 is 1.36 bits per heavy atom. The van der Waals surface area contributed by atoms with Crippen LogP contribution < -0.4 is 20.1 Å². The molecular formula is C24H26Br2Cl4N2O4. The number of nitrogens with one attached hydrogen (secondary N) is 2. The number of hydrogen-bond acceptors (Lipinski definition) is 4. The van der Waals surface area contributed by atoms with Crippen molar-refractivity contribution in [3.63, 3.8) is 0 Å². The molecule has 0 saturated carbocycles. The fourth-order valence-electron chi connectivity index (χ4n) is 3.12. The molecule has 0 bridgehead atoms. The average Bonchev–Trinajstić information content (AvgIpc) is 2.78. The standard InChI is InChI=1S/C24H26Br2Cl4N2O4/c25-17-9-15(27)11-19(29)23(17)35-13-21(33)31-7-5-3-1-2-4-6-8-32-22(34)14-36-24-18(26)10-16(28)12-20(24)30/h9-12H,1-8,13-14H2,(H,31,33)(H,32,34). The molecule has 2 rings (SSSR count). The van der Waals surface area contributed by atoms with Gasteiger partial charge in [-0.3, -0.25) is 9.59 Å². The zero-order chi connectivity index (χ0) is 26.5. The van der Waals surface area contributed by atoms with Crippen molar-refractivity contribution in [1.29, 1.82) is 0 Å². The lowest BCUT2D eigenvalue weighted by Gasteiger charge is -2.11. The molecular weight excluding hydrogens is 682 g/mol. The highest BCUT2D eigenvalue weighted by molar-refractivity contribution is 9.11. The first-order valence-electron chi connectivity index (χ1n) is 11.3. The summed E-state index contributed by atoms with van der Waals surface area (Å²) in [6.45, 7) is 0.921. The summed E-state index contributed by atoms with van der Waals surface area (Å²) in [5.74, 6) is 0.356. The lowest BCUT2D eigenvalue weighted by atomic mass is 10.1. The summed E-state index contributed by atoms with van der Waals surface area (Å²) in [6.07, 6.45) is 5.89. The van der Waals surface area contributed by atoms with Gasteiger partial charge in [-0.1, -0.05) is 72.1 Å². The molecule has 0 aliphatic rings. The lowest BCUT2D eigenvalue weighted by Crippen LogP contribution is -2.29. The van der Waals surface area contributed by atoms with E-state index in [0.717, 1.165) is 38.5 Å². The molecule has 6 nitrogen and oxygen atoms in total. The maximum atomic E-state index is 12.0. The number of carbonyl (C=O) groups is 2. The Labute approximate surface area is 247 Å². The van der Waals surface area contributed by atoms with Gasteiger partial charge in [0, 0.05) is 23.1 Å². The molecule has 0 radical (unpaired) electrons. The van der Waals surface area contributed by atoms with E-state index in [4.69, 9.17) is 55.9 Å². The molecule has 36 heavy (non-hydrogen) atoms. The van der Waals surface area contributed by atoms with Gasteiger partial charge in [-0.15, -0.1) is 0 Å². The third-order valence-corrected chi connectivity index (χ3v) is 7.05. The summed E-state index contributed by atoms with van der Waals surface area (Å²) in [5, 5.41) is 7.31. The van der Waals surface area contributed by atoms with Crippen molar-refractivity contribution in [3.05, 3.63) is 53.3 Å². The molecule has 0 heterocycles. The van der Waals surface area contributed by atoms with Gasteiger partial charge < -0.3 is 20.1 Å². The molecule has 0 saturated heterocycles. The molecule has 0 unspecified atom stereocenters. The smallest absolute Gasteiger partial charge is 0.257 e. The quantitative estimate of drug-likeness (QED) is 0.185. The van der Waals surface area contributed by atoms with Gasteiger partial charge in [-0.2, -0.15) is 0 Å². The number of ether oxygens (including phenoxy) is 2. The summed E-state index contributed by atoms with van der Waals surface area (Å²) >= 11 is 30.6. The molecule has 198 valence electrons. The van der Waals surface area contributed by atoms with E-state index < -0.39 is 0 Å². The van der Waals surface area contributed by atoms with Crippen LogP contribution in [0.25, 0.3) is 0 Å². The van der Waals surface area contributed by atoms with E-state index >= 15 is 0 Å². The number of benzene rings is 2. The van der Waals surface area contributed by atoms with E-state index in [1.54, 1.807) is 24.3 Å². The van der Waals surface area contributed by atoms with E-state index in [-0.39, 0.29) is 25.0 Å². The third kappa shape index (κ3) is 11.7. The van der Waals surface area contributed by atoms with Crippen molar-refractivity contribution < 1.29 is 19.1 Å². The minimum atomic E-state index is -0.210. The van der Waals surface area contributed by atoms with Gasteiger partial charge in [0.25, 0.3) is 11.8 Å². The van der Waals surface area contributed by atoms with Gasteiger partial charge in [0.2, 0.25) is 0 Å². The second-order valence-electron chi connectivity index (χ2n) is 7.80. The van der Waals surface area contributed by atoms with E-state index in [9.17, 15) is 9.59 Å². The number of rotatable bonds is 15. The van der Waals surface area contributed by atoms with Crippen molar-refractivity contribution >= 4 is 90.1 Å².